The lowest BCUT2D eigenvalue weighted by Gasteiger charge is -2.07. The van der Waals surface area contributed by atoms with Crippen molar-refractivity contribution in [2.45, 2.75) is 6.04 Å². The van der Waals surface area contributed by atoms with Crippen LogP contribution in [0.15, 0.2) is 4.99 Å². The second kappa shape index (κ2) is 2.01. The second-order valence-electron chi connectivity index (χ2n) is 1.76. The van der Waals surface area contributed by atoms with Crippen LogP contribution in [0.3, 0.4) is 0 Å². The Kier molecular flexibility index (Phi) is 1.32. The summed E-state index contributed by atoms with van der Waals surface area (Å²) in [5.41, 5.74) is 0. The van der Waals surface area contributed by atoms with Gasteiger partial charge in [-0.15, -0.1) is 0 Å². The van der Waals surface area contributed by atoms with Crippen molar-refractivity contribution in [2.75, 3.05) is 6.54 Å². The van der Waals surface area contributed by atoms with Crippen LogP contribution in [0.1, 0.15) is 0 Å². The maximum absolute atomic E-state index is 9.92. The largest absolute Gasteiger partial charge is 0.413 e. The van der Waals surface area contributed by atoms with Gasteiger partial charge in [0.2, 0.25) is 6.54 Å². The van der Waals surface area contributed by atoms with E-state index in [1.54, 1.807) is 0 Å². The Morgan fingerprint density at radius 2 is 2.10 bits per heavy atom. The lowest BCUT2D eigenvalue weighted by molar-refractivity contribution is -0.524. The van der Waals surface area contributed by atoms with Gasteiger partial charge in [0.1, 0.15) is 0 Å². The lowest BCUT2D eigenvalue weighted by Crippen LogP contribution is -2.44. The Hall–Kier alpha value is -1.53. The molecule has 0 spiro atoms. The van der Waals surface area contributed by atoms with Crippen LogP contribution in [0.2, 0.25) is 0 Å². The third kappa shape index (κ3) is 0.809. The van der Waals surface area contributed by atoms with E-state index in [0.29, 0.717) is 0 Å². The Balaban J connectivity index is 2.67. The monoisotopic (exact) mass is 145 g/mol. The summed E-state index contributed by atoms with van der Waals surface area (Å²) in [5, 5.41) is 19.8. The van der Waals surface area contributed by atoms with Gasteiger partial charge in [-0.1, -0.05) is 4.99 Å². The summed E-state index contributed by atoms with van der Waals surface area (Å²) in [6, 6.07) is -1.19. The number of hydrogen-bond donors (Lipinski definition) is 0. The summed E-state index contributed by atoms with van der Waals surface area (Å²) < 4.78 is 0. The number of amidine groups is 1. The molecule has 1 atom stereocenters. The molecule has 1 aliphatic heterocycles. The number of nitrogens with zero attached hydrogens (tertiary/aromatic N) is 3. The zero-order valence-electron chi connectivity index (χ0n) is 4.76. The van der Waals surface area contributed by atoms with Crippen LogP contribution >= 0.6 is 0 Å². The highest BCUT2D eigenvalue weighted by atomic mass is 16.6. The maximum Gasteiger partial charge on any atom is 0.413 e. The van der Waals surface area contributed by atoms with Crippen molar-refractivity contribution in [1.29, 1.82) is 0 Å². The number of aliphatic imine (C=N–C) groups is 1. The minimum Gasteiger partial charge on any atom is -0.358 e. The Morgan fingerprint density at radius 3 is 2.20 bits per heavy atom. The van der Waals surface area contributed by atoms with E-state index in [1.165, 1.54) is 0 Å². The van der Waals surface area contributed by atoms with Gasteiger partial charge in [-0.05, 0) is 4.92 Å². The van der Waals surface area contributed by atoms with Gasteiger partial charge in [0, 0.05) is 4.92 Å². The molecule has 7 nitrogen and oxygen atoms in total. The Morgan fingerprint density at radius 1 is 1.50 bits per heavy atom. The molecule has 54 valence electrons. The summed E-state index contributed by atoms with van der Waals surface area (Å²) in [5.74, 6) is -0.537. The van der Waals surface area contributed by atoms with E-state index in [-0.39, 0.29) is 6.54 Å². The molecule has 1 rings (SSSR count). The summed E-state index contributed by atoms with van der Waals surface area (Å²) in [7, 11) is 0. The van der Waals surface area contributed by atoms with E-state index in [0.717, 1.165) is 0 Å². The fourth-order valence-electron chi connectivity index (χ4n) is 0.595. The van der Waals surface area contributed by atoms with Gasteiger partial charge in [0.05, 0.1) is 0 Å². The standard InChI is InChI=1S/C3H3N3O4/c7-5(8)2-1-4-3(2)6(9)10/h2H,1H2. The molecule has 7 heteroatoms. The molecule has 0 radical (unpaired) electrons. The highest BCUT2D eigenvalue weighted by molar-refractivity contribution is 5.83. The van der Waals surface area contributed by atoms with Gasteiger partial charge in [-0.3, -0.25) is 10.1 Å². The molecule has 0 aromatic rings. The third-order valence-corrected chi connectivity index (χ3v) is 1.17. The number of rotatable bonds is 1. The summed E-state index contributed by atoms with van der Waals surface area (Å²) in [6.07, 6.45) is 0. The van der Waals surface area contributed by atoms with Crippen molar-refractivity contribution >= 4 is 5.84 Å². The average Bonchev–Trinajstić information content (AvgIpc) is 1.56. The molecule has 0 fully saturated rings. The zero-order valence-corrected chi connectivity index (χ0v) is 4.76. The number of nitro groups is 2. The molecule has 0 saturated heterocycles. The van der Waals surface area contributed by atoms with Gasteiger partial charge >= 0.3 is 11.9 Å². The number of hydrogen-bond acceptors (Lipinski definition) is 5. The molecular weight excluding hydrogens is 142 g/mol. The van der Waals surface area contributed by atoms with Gasteiger partial charge in [0.25, 0.3) is 0 Å². The predicted molar refractivity (Wildman–Crippen MR) is 30.1 cm³/mol. The van der Waals surface area contributed by atoms with E-state index in [9.17, 15) is 20.2 Å². The molecule has 1 unspecified atom stereocenters. The van der Waals surface area contributed by atoms with E-state index in [4.69, 9.17) is 0 Å². The minimum atomic E-state index is -1.19. The van der Waals surface area contributed by atoms with Crippen molar-refractivity contribution in [3.8, 4) is 0 Å². The smallest absolute Gasteiger partial charge is 0.358 e. The lowest BCUT2D eigenvalue weighted by atomic mass is 10.2. The highest BCUT2D eigenvalue weighted by Crippen LogP contribution is 2.06. The quantitative estimate of drug-likeness (QED) is 0.360. The van der Waals surface area contributed by atoms with Crippen molar-refractivity contribution in [3.63, 3.8) is 0 Å². The first-order valence-electron chi connectivity index (χ1n) is 2.45. The van der Waals surface area contributed by atoms with Crippen molar-refractivity contribution < 1.29 is 9.85 Å². The first-order valence-corrected chi connectivity index (χ1v) is 2.45. The molecule has 0 aliphatic carbocycles. The van der Waals surface area contributed by atoms with E-state index >= 15 is 0 Å². The Labute approximate surface area is 54.7 Å². The van der Waals surface area contributed by atoms with Crippen LogP contribution < -0.4 is 0 Å². The average molecular weight is 145 g/mol. The molecular formula is C3H3N3O4. The van der Waals surface area contributed by atoms with Crippen LogP contribution in [0.25, 0.3) is 0 Å². The van der Waals surface area contributed by atoms with Crippen LogP contribution in [0.5, 0.6) is 0 Å². The van der Waals surface area contributed by atoms with Gasteiger partial charge in [0.15, 0.2) is 0 Å². The van der Waals surface area contributed by atoms with Crippen molar-refractivity contribution in [3.05, 3.63) is 20.2 Å². The fraction of sp³-hybridized carbons (Fsp3) is 0.667. The molecule has 1 heterocycles. The van der Waals surface area contributed by atoms with Crippen molar-refractivity contribution in [1.82, 2.24) is 0 Å². The molecule has 0 aromatic heterocycles. The maximum atomic E-state index is 9.92. The molecule has 0 bridgehead atoms. The SMILES string of the molecule is O=[N+]([O-])C1=NCC1[N+](=O)[O-]. The van der Waals surface area contributed by atoms with Crippen LogP contribution in [-0.2, 0) is 0 Å². The fourth-order valence-corrected chi connectivity index (χ4v) is 0.595. The zero-order chi connectivity index (χ0) is 7.72. The normalized spacial score (nSPS) is 22.8. The molecule has 0 saturated carbocycles. The summed E-state index contributed by atoms with van der Waals surface area (Å²) >= 11 is 0. The minimum absolute atomic E-state index is 0.0662. The first-order chi connectivity index (χ1) is 4.63. The van der Waals surface area contributed by atoms with Crippen LogP contribution in [0.4, 0.5) is 0 Å². The van der Waals surface area contributed by atoms with E-state index < -0.39 is 21.7 Å². The second-order valence-corrected chi connectivity index (χ2v) is 1.76. The molecule has 0 amide bonds. The van der Waals surface area contributed by atoms with Crippen LogP contribution in [-0.4, -0.2) is 28.3 Å². The van der Waals surface area contributed by atoms with Gasteiger partial charge in [-0.2, -0.15) is 0 Å². The Bertz CT molecular complexity index is 222. The van der Waals surface area contributed by atoms with Gasteiger partial charge < -0.3 is 10.1 Å². The summed E-state index contributed by atoms with van der Waals surface area (Å²) in [6.45, 7) is -0.0662. The third-order valence-electron chi connectivity index (χ3n) is 1.17. The first kappa shape index (κ1) is 6.59. The van der Waals surface area contributed by atoms with Crippen LogP contribution in [0, 0.1) is 20.2 Å². The topological polar surface area (TPSA) is 98.6 Å². The predicted octanol–water partition coefficient (Wildman–Crippen LogP) is -0.679. The van der Waals surface area contributed by atoms with Crippen molar-refractivity contribution in [2.24, 2.45) is 4.99 Å². The van der Waals surface area contributed by atoms with E-state index in [2.05, 4.69) is 4.99 Å². The molecule has 10 heavy (non-hydrogen) atoms. The molecule has 0 aromatic carbocycles. The van der Waals surface area contributed by atoms with E-state index in [1.807, 2.05) is 0 Å². The molecule has 1 aliphatic rings. The highest BCUT2D eigenvalue weighted by Gasteiger charge is 2.46. The summed E-state index contributed by atoms with van der Waals surface area (Å²) in [4.78, 5) is 21.5. The molecule has 0 N–H and O–H groups in total. The van der Waals surface area contributed by atoms with Gasteiger partial charge in [-0.25, -0.2) is 0 Å².